The Kier molecular flexibility index (Phi) is 8.83. The fourth-order valence-corrected chi connectivity index (χ4v) is 4.25. The number of aromatic nitrogens is 2. The van der Waals surface area contributed by atoms with Gasteiger partial charge in [0.1, 0.15) is 5.54 Å². The zero-order chi connectivity index (χ0) is 31.8. The number of nitrogens with zero attached hydrogens (tertiary/aromatic N) is 5. The number of nitriles is 1. The van der Waals surface area contributed by atoms with Gasteiger partial charge in [0.25, 0.3) is 5.91 Å². The standard InChI is InChI=1S/C24H20ClF9N6O2/c1-3-40(21(11-36)6-7-21)19(41)14-8-12(4-5-15(14)25)13(9-35)10-37-18-16(42-20(26)27)17(38-39(18)2)22(28,23(29,30)31)24(32,33)34/h4-5,8-10,20H,3,6-7,35H2,1-2H3. The number of hydrogen-bond acceptors (Lipinski definition) is 6. The maximum Gasteiger partial charge on any atom is 0.437 e. The third kappa shape index (κ3) is 5.72. The number of allylic oxidation sites excluding steroid dienone is 1. The Hall–Kier alpha value is -3.94. The van der Waals surface area contributed by atoms with Crippen LogP contribution in [0.2, 0.25) is 5.02 Å². The van der Waals surface area contributed by atoms with E-state index < -0.39 is 53.3 Å². The number of carbonyl (C=O) groups excluding carboxylic acids is 1. The summed E-state index contributed by atoms with van der Waals surface area (Å²) in [6.07, 6.45) is -10.9. The smallest absolute Gasteiger partial charge is 0.429 e. The first-order valence-corrected chi connectivity index (χ1v) is 12.1. The molecule has 0 saturated heterocycles. The van der Waals surface area contributed by atoms with Crippen LogP contribution in [0.4, 0.5) is 45.3 Å². The van der Waals surface area contributed by atoms with Crippen molar-refractivity contribution in [3.63, 3.8) is 0 Å². The number of benzene rings is 1. The largest absolute Gasteiger partial charge is 0.437 e. The van der Waals surface area contributed by atoms with E-state index in [1.165, 1.54) is 23.1 Å². The summed E-state index contributed by atoms with van der Waals surface area (Å²) < 4.78 is 125. The SMILES string of the molecule is CCN(C(=O)c1cc(C(C=Nc2c(OC(F)F)c(C(F)(C(F)(F)F)C(F)(F)F)nn2C)=CN)ccc1Cl)C1(C#N)CC1. The van der Waals surface area contributed by atoms with Gasteiger partial charge in [-0.05, 0) is 37.5 Å². The van der Waals surface area contributed by atoms with Gasteiger partial charge in [0, 0.05) is 31.6 Å². The van der Waals surface area contributed by atoms with Crippen molar-refractivity contribution in [1.82, 2.24) is 14.7 Å². The third-order valence-electron chi connectivity index (χ3n) is 6.33. The molecule has 0 radical (unpaired) electrons. The highest BCUT2D eigenvalue weighted by Crippen LogP contribution is 2.56. The lowest BCUT2D eigenvalue weighted by Crippen LogP contribution is -2.51. The predicted octanol–water partition coefficient (Wildman–Crippen LogP) is 6.18. The molecule has 0 atom stereocenters. The van der Waals surface area contributed by atoms with E-state index in [9.17, 15) is 49.6 Å². The minimum Gasteiger partial charge on any atom is -0.429 e. The number of nitrogens with two attached hydrogens (primary N) is 1. The van der Waals surface area contributed by atoms with Crippen LogP contribution in [0.25, 0.3) is 5.57 Å². The molecule has 1 heterocycles. The summed E-state index contributed by atoms with van der Waals surface area (Å²) in [7, 11) is 0.717. The van der Waals surface area contributed by atoms with Crippen molar-refractivity contribution < 1.29 is 49.0 Å². The molecule has 1 aromatic heterocycles. The van der Waals surface area contributed by atoms with Gasteiger partial charge in [-0.3, -0.25) is 4.79 Å². The Morgan fingerprint density at radius 2 is 1.86 bits per heavy atom. The van der Waals surface area contributed by atoms with Crippen molar-refractivity contribution in [2.75, 3.05) is 6.54 Å². The second-order valence-corrected chi connectivity index (χ2v) is 9.33. The number of alkyl halides is 9. The maximum atomic E-state index is 14.7. The first-order chi connectivity index (χ1) is 19.4. The van der Waals surface area contributed by atoms with Gasteiger partial charge in [0.05, 0.1) is 16.7 Å². The lowest BCUT2D eigenvalue weighted by atomic mass is 9.99. The molecule has 1 amide bonds. The zero-order valence-corrected chi connectivity index (χ0v) is 22.3. The van der Waals surface area contributed by atoms with Crippen molar-refractivity contribution in [2.24, 2.45) is 17.8 Å². The highest BCUT2D eigenvalue weighted by molar-refractivity contribution is 6.34. The van der Waals surface area contributed by atoms with Crippen LogP contribution in [0.1, 0.15) is 41.4 Å². The molecular formula is C24H20ClF9N6O2. The highest BCUT2D eigenvalue weighted by atomic mass is 35.5. The topological polar surface area (TPSA) is 110 Å². The molecule has 1 aromatic carbocycles. The number of aryl methyl sites for hydroxylation is 1. The van der Waals surface area contributed by atoms with Gasteiger partial charge >= 0.3 is 24.6 Å². The van der Waals surface area contributed by atoms with Gasteiger partial charge in [-0.25, -0.2) is 14.1 Å². The Morgan fingerprint density at radius 3 is 2.31 bits per heavy atom. The van der Waals surface area contributed by atoms with E-state index in [0.29, 0.717) is 12.8 Å². The van der Waals surface area contributed by atoms with Crippen LogP contribution in [-0.2, 0) is 12.7 Å². The summed E-state index contributed by atoms with van der Waals surface area (Å²) in [4.78, 5) is 18.1. The van der Waals surface area contributed by atoms with Crippen molar-refractivity contribution in [1.29, 1.82) is 5.26 Å². The van der Waals surface area contributed by atoms with Gasteiger partial charge in [-0.15, -0.1) is 0 Å². The number of carbonyl (C=O) groups is 1. The summed E-state index contributed by atoms with van der Waals surface area (Å²) in [6, 6.07) is 5.92. The first kappa shape index (κ1) is 32.6. The van der Waals surface area contributed by atoms with E-state index in [-0.39, 0.29) is 32.9 Å². The molecule has 2 aromatic rings. The van der Waals surface area contributed by atoms with E-state index in [0.717, 1.165) is 19.5 Å². The number of hydrogen-bond donors (Lipinski definition) is 1. The minimum atomic E-state index is -6.67. The van der Waals surface area contributed by atoms with Gasteiger partial charge < -0.3 is 15.4 Å². The molecule has 228 valence electrons. The van der Waals surface area contributed by atoms with Crippen LogP contribution in [0.3, 0.4) is 0 Å². The van der Waals surface area contributed by atoms with Crippen LogP contribution >= 0.6 is 11.6 Å². The molecule has 42 heavy (non-hydrogen) atoms. The first-order valence-electron chi connectivity index (χ1n) is 11.7. The summed E-state index contributed by atoms with van der Waals surface area (Å²) in [5.41, 5.74) is -4.24. The summed E-state index contributed by atoms with van der Waals surface area (Å²) in [5.74, 6) is -3.68. The Bertz CT molecular complexity index is 1440. The fraction of sp³-hybridized carbons (Fsp3) is 0.417. The Labute approximate surface area is 236 Å². The van der Waals surface area contributed by atoms with Gasteiger partial charge in [0.2, 0.25) is 0 Å². The zero-order valence-electron chi connectivity index (χ0n) is 21.5. The molecule has 2 N–H and O–H groups in total. The molecular weight excluding hydrogens is 611 g/mol. The summed E-state index contributed by atoms with van der Waals surface area (Å²) in [6.45, 7) is -2.18. The van der Waals surface area contributed by atoms with Gasteiger partial charge in [-0.2, -0.15) is 45.5 Å². The molecule has 1 aliphatic carbocycles. The average Bonchev–Trinajstić information content (AvgIpc) is 3.62. The summed E-state index contributed by atoms with van der Waals surface area (Å²) in [5, 5.41) is 12.3. The second kappa shape index (κ2) is 11.4. The van der Waals surface area contributed by atoms with Gasteiger partial charge in [-0.1, -0.05) is 17.7 Å². The van der Waals surface area contributed by atoms with Crippen molar-refractivity contribution in [3.05, 3.63) is 46.2 Å². The normalized spacial score (nSPS) is 15.7. The average molecular weight is 631 g/mol. The third-order valence-corrected chi connectivity index (χ3v) is 6.66. The van der Waals surface area contributed by atoms with Crippen molar-refractivity contribution >= 4 is 35.1 Å². The molecule has 1 saturated carbocycles. The Morgan fingerprint density at radius 1 is 1.26 bits per heavy atom. The van der Waals surface area contributed by atoms with E-state index in [1.807, 2.05) is 0 Å². The van der Waals surface area contributed by atoms with Crippen molar-refractivity contribution in [2.45, 2.75) is 49.9 Å². The molecule has 18 heteroatoms. The van der Waals surface area contributed by atoms with Crippen LogP contribution in [0.15, 0.2) is 29.4 Å². The van der Waals surface area contributed by atoms with Crippen LogP contribution in [0, 0.1) is 11.3 Å². The lowest BCUT2D eigenvalue weighted by Gasteiger charge is -2.28. The molecule has 3 rings (SSSR count). The Balaban J connectivity index is 2.10. The number of ether oxygens (including phenoxy) is 1. The summed E-state index contributed by atoms with van der Waals surface area (Å²) >= 11 is 6.20. The van der Waals surface area contributed by atoms with Crippen LogP contribution in [-0.4, -0.2) is 57.8 Å². The highest BCUT2D eigenvalue weighted by Gasteiger charge is 2.76. The second-order valence-electron chi connectivity index (χ2n) is 8.93. The number of rotatable bonds is 9. The molecule has 0 unspecified atom stereocenters. The molecule has 0 spiro atoms. The molecule has 1 aliphatic rings. The molecule has 0 aliphatic heterocycles. The monoisotopic (exact) mass is 630 g/mol. The number of amides is 1. The van der Waals surface area contributed by atoms with Crippen LogP contribution < -0.4 is 10.5 Å². The molecule has 0 bridgehead atoms. The van der Waals surface area contributed by atoms with Crippen LogP contribution in [0.5, 0.6) is 5.75 Å². The minimum absolute atomic E-state index is 0.0215. The molecule has 8 nitrogen and oxygen atoms in total. The van der Waals surface area contributed by atoms with E-state index >= 15 is 0 Å². The van der Waals surface area contributed by atoms with E-state index in [1.54, 1.807) is 6.92 Å². The lowest BCUT2D eigenvalue weighted by molar-refractivity contribution is -0.350. The quantitative estimate of drug-likeness (QED) is 0.263. The number of halogens is 10. The number of aliphatic imine (C=N–C) groups is 1. The molecule has 1 fully saturated rings. The van der Waals surface area contributed by atoms with E-state index in [4.69, 9.17) is 17.3 Å². The maximum absolute atomic E-state index is 14.7. The fourth-order valence-electron chi connectivity index (χ4n) is 4.05. The van der Waals surface area contributed by atoms with Crippen molar-refractivity contribution in [3.8, 4) is 11.8 Å². The predicted molar refractivity (Wildman–Crippen MR) is 131 cm³/mol. The van der Waals surface area contributed by atoms with Gasteiger partial charge in [0.15, 0.2) is 17.3 Å². The van der Waals surface area contributed by atoms with E-state index in [2.05, 4.69) is 20.9 Å².